The minimum Gasteiger partial charge on any atom is -0.489 e. The first-order valence-electron chi connectivity index (χ1n) is 15.8. The second-order valence-corrected chi connectivity index (χ2v) is 16.1. The largest absolute Gasteiger partial charge is 0.489 e. The summed E-state index contributed by atoms with van der Waals surface area (Å²) in [6.45, 7) is 14.3. The monoisotopic (exact) mass is 556 g/mol. The van der Waals surface area contributed by atoms with Gasteiger partial charge in [-0.1, -0.05) is 71.6 Å². The van der Waals surface area contributed by atoms with Gasteiger partial charge in [-0.2, -0.15) is 8.42 Å². The molecule has 0 spiro atoms. The standard InChI is InChI=1S/C34H52O4S/c1-22(2)8-7-9-24(4)28-13-14-29-27-12-11-25-21-26(16-18-33(25,5)30(27)17-19-34(28,29)6)38-31-20-23(3)10-15-32(31)39(35,36)37/h10-11,15,20,22,24,26-30H,7-9,12-14,16-19,21H2,1-6H3,(H,35,36,37)/t24-,26?,27+,28-,29+,30+,33+,34-/m1/s1. The Morgan fingerprint density at radius 2 is 1.79 bits per heavy atom. The highest BCUT2D eigenvalue weighted by Crippen LogP contribution is 2.67. The summed E-state index contributed by atoms with van der Waals surface area (Å²) in [4.78, 5) is -0.125. The lowest BCUT2D eigenvalue weighted by Crippen LogP contribution is -2.51. The molecule has 1 aromatic rings. The number of fused-ring (bicyclic) bond motifs is 5. The SMILES string of the molecule is Cc1ccc(S(=O)(=O)O)c(OC2CC[C@@]3(C)C(=CC[C@H]4[C@@H]5CC[C@H]([C@H](C)CCCC(C)C)[C@@]5(C)CC[C@@H]43)C2)c1. The molecule has 8 atom stereocenters. The summed E-state index contributed by atoms with van der Waals surface area (Å²) in [5.41, 5.74) is 3.18. The first kappa shape index (κ1) is 29.2. The Morgan fingerprint density at radius 1 is 1.03 bits per heavy atom. The van der Waals surface area contributed by atoms with E-state index in [1.807, 2.05) is 6.92 Å². The van der Waals surface area contributed by atoms with Crippen LogP contribution in [0, 0.1) is 53.3 Å². The van der Waals surface area contributed by atoms with Gasteiger partial charge in [0.05, 0.1) is 0 Å². The van der Waals surface area contributed by atoms with E-state index < -0.39 is 10.1 Å². The van der Waals surface area contributed by atoms with Crippen LogP contribution >= 0.6 is 0 Å². The summed E-state index contributed by atoms with van der Waals surface area (Å²) in [5, 5.41) is 0. The Hall–Kier alpha value is -1.33. The third-order valence-electron chi connectivity index (χ3n) is 11.9. The van der Waals surface area contributed by atoms with E-state index in [0.717, 1.165) is 60.3 Å². The van der Waals surface area contributed by atoms with E-state index in [4.69, 9.17) is 4.74 Å². The van der Waals surface area contributed by atoms with Crippen LogP contribution in [0.25, 0.3) is 0 Å². The van der Waals surface area contributed by atoms with Crippen molar-refractivity contribution in [3.63, 3.8) is 0 Å². The molecule has 0 amide bonds. The predicted octanol–water partition coefficient (Wildman–Crippen LogP) is 9.03. The second kappa shape index (κ2) is 10.8. The average Bonchev–Trinajstić information content (AvgIpc) is 3.20. The first-order valence-corrected chi connectivity index (χ1v) is 17.2. The van der Waals surface area contributed by atoms with Crippen molar-refractivity contribution in [2.24, 2.45) is 46.3 Å². The Bertz CT molecular complexity index is 1190. The van der Waals surface area contributed by atoms with Crippen molar-refractivity contribution in [1.29, 1.82) is 0 Å². The fraction of sp³-hybridized carbons (Fsp3) is 0.765. The van der Waals surface area contributed by atoms with Crippen molar-refractivity contribution in [1.82, 2.24) is 0 Å². The third-order valence-corrected chi connectivity index (χ3v) is 12.8. The Kier molecular flexibility index (Phi) is 8.09. The molecule has 0 heterocycles. The third kappa shape index (κ3) is 5.48. The summed E-state index contributed by atoms with van der Waals surface area (Å²) < 4.78 is 40.0. The number of allylic oxidation sites excluding steroid dienone is 1. The van der Waals surface area contributed by atoms with Gasteiger partial charge in [0.2, 0.25) is 0 Å². The zero-order valence-corrected chi connectivity index (χ0v) is 26.0. The molecule has 1 aromatic carbocycles. The fourth-order valence-corrected chi connectivity index (χ4v) is 10.5. The number of benzene rings is 1. The molecule has 0 aliphatic heterocycles. The molecule has 4 aliphatic carbocycles. The van der Waals surface area contributed by atoms with Crippen molar-refractivity contribution >= 4 is 10.1 Å². The molecule has 1 unspecified atom stereocenters. The molecule has 39 heavy (non-hydrogen) atoms. The highest BCUT2D eigenvalue weighted by Gasteiger charge is 2.59. The van der Waals surface area contributed by atoms with Crippen LogP contribution in [0.1, 0.15) is 111 Å². The first-order chi connectivity index (χ1) is 18.3. The van der Waals surface area contributed by atoms with Crippen molar-refractivity contribution < 1.29 is 17.7 Å². The van der Waals surface area contributed by atoms with Crippen LogP contribution < -0.4 is 4.74 Å². The normalized spacial score (nSPS) is 37.0. The smallest absolute Gasteiger partial charge is 0.298 e. The topological polar surface area (TPSA) is 63.6 Å². The predicted molar refractivity (Wildman–Crippen MR) is 158 cm³/mol. The van der Waals surface area contributed by atoms with Crippen molar-refractivity contribution in [3.8, 4) is 5.75 Å². The van der Waals surface area contributed by atoms with Gasteiger partial charge >= 0.3 is 0 Å². The van der Waals surface area contributed by atoms with Crippen LogP contribution in [-0.4, -0.2) is 19.1 Å². The molecule has 0 saturated heterocycles. The van der Waals surface area contributed by atoms with Crippen molar-refractivity contribution in [2.45, 2.75) is 123 Å². The molecule has 5 heteroatoms. The molecule has 3 saturated carbocycles. The van der Waals surface area contributed by atoms with Gasteiger partial charge in [0.25, 0.3) is 10.1 Å². The number of ether oxygens (including phenoxy) is 1. The molecule has 4 nitrogen and oxygen atoms in total. The molecule has 3 fully saturated rings. The number of aryl methyl sites for hydroxylation is 1. The van der Waals surface area contributed by atoms with Gasteiger partial charge in [-0.05, 0) is 116 Å². The van der Waals surface area contributed by atoms with Crippen LogP contribution in [0.5, 0.6) is 5.75 Å². The lowest BCUT2D eigenvalue weighted by molar-refractivity contribution is -0.0560. The number of hydrogen-bond donors (Lipinski definition) is 1. The summed E-state index contributed by atoms with van der Waals surface area (Å²) in [7, 11) is -4.33. The van der Waals surface area contributed by atoms with E-state index in [1.165, 1.54) is 63.0 Å². The summed E-state index contributed by atoms with van der Waals surface area (Å²) in [6.07, 6.45) is 16.3. The van der Waals surface area contributed by atoms with E-state index >= 15 is 0 Å². The molecule has 1 N–H and O–H groups in total. The van der Waals surface area contributed by atoms with Crippen LogP contribution in [0.15, 0.2) is 34.7 Å². The molecular formula is C34H52O4S. The van der Waals surface area contributed by atoms with E-state index in [-0.39, 0.29) is 22.2 Å². The van der Waals surface area contributed by atoms with Crippen molar-refractivity contribution in [3.05, 3.63) is 35.4 Å². The van der Waals surface area contributed by atoms with Crippen molar-refractivity contribution in [2.75, 3.05) is 0 Å². The van der Waals surface area contributed by atoms with E-state index in [2.05, 4.69) is 40.7 Å². The van der Waals surface area contributed by atoms with Gasteiger partial charge in [-0.25, -0.2) is 0 Å². The minimum atomic E-state index is -4.33. The second-order valence-electron chi connectivity index (χ2n) is 14.7. The fourth-order valence-electron chi connectivity index (χ4n) is 9.85. The summed E-state index contributed by atoms with van der Waals surface area (Å²) in [5.74, 6) is 5.21. The Balaban J connectivity index is 1.30. The molecule has 5 rings (SSSR count). The minimum absolute atomic E-state index is 0.0559. The Labute approximate surface area is 238 Å². The number of hydrogen-bond acceptors (Lipinski definition) is 3. The van der Waals surface area contributed by atoms with Gasteiger partial charge in [0.1, 0.15) is 16.7 Å². The molecular weight excluding hydrogens is 504 g/mol. The van der Waals surface area contributed by atoms with Gasteiger partial charge < -0.3 is 4.74 Å². The Morgan fingerprint density at radius 3 is 2.51 bits per heavy atom. The van der Waals surface area contributed by atoms with Gasteiger partial charge in [0, 0.05) is 6.42 Å². The molecule has 0 bridgehead atoms. The lowest BCUT2D eigenvalue weighted by Gasteiger charge is -2.58. The maximum Gasteiger partial charge on any atom is 0.298 e. The van der Waals surface area contributed by atoms with E-state index in [9.17, 15) is 13.0 Å². The molecule has 0 aromatic heterocycles. The highest BCUT2D eigenvalue weighted by atomic mass is 32.2. The van der Waals surface area contributed by atoms with E-state index in [0.29, 0.717) is 5.41 Å². The zero-order valence-electron chi connectivity index (χ0n) is 25.2. The van der Waals surface area contributed by atoms with Gasteiger partial charge in [0.15, 0.2) is 0 Å². The zero-order chi connectivity index (χ0) is 28.2. The van der Waals surface area contributed by atoms with E-state index in [1.54, 1.807) is 12.1 Å². The molecule has 0 radical (unpaired) electrons. The number of rotatable bonds is 8. The van der Waals surface area contributed by atoms with Crippen LogP contribution in [0.2, 0.25) is 0 Å². The quantitative estimate of drug-likeness (QED) is 0.256. The molecule has 4 aliphatic rings. The highest BCUT2D eigenvalue weighted by molar-refractivity contribution is 7.86. The van der Waals surface area contributed by atoms with Gasteiger partial charge in [-0.3, -0.25) is 4.55 Å². The maximum atomic E-state index is 12.0. The lowest BCUT2D eigenvalue weighted by atomic mass is 9.47. The van der Waals surface area contributed by atoms with Crippen LogP contribution in [0.3, 0.4) is 0 Å². The summed E-state index contributed by atoms with van der Waals surface area (Å²) >= 11 is 0. The van der Waals surface area contributed by atoms with Crippen LogP contribution in [-0.2, 0) is 10.1 Å². The maximum absolute atomic E-state index is 12.0. The average molecular weight is 557 g/mol. The van der Waals surface area contributed by atoms with Gasteiger partial charge in [-0.15, -0.1) is 0 Å². The molecule has 218 valence electrons. The summed E-state index contributed by atoms with van der Waals surface area (Å²) in [6, 6.07) is 4.90. The van der Waals surface area contributed by atoms with Crippen LogP contribution in [0.4, 0.5) is 0 Å².